The zero-order valence-electron chi connectivity index (χ0n) is 15.2. The number of pyridine rings is 1. The highest BCUT2D eigenvalue weighted by Crippen LogP contribution is 2.37. The molecule has 2 aromatic rings. The SMILES string of the molecule is COc1cccc(CNC(=O)CN2C(=O)[C@H]3CCCN3c3ncccc32)c1. The summed E-state index contributed by atoms with van der Waals surface area (Å²) in [5.74, 6) is 1.31. The smallest absolute Gasteiger partial charge is 0.250 e. The molecule has 1 aromatic heterocycles. The summed E-state index contributed by atoms with van der Waals surface area (Å²) in [7, 11) is 1.61. The summed E-state index contributed by atoms with van der Waals surface area (Å²) in [4.78, 5) is 33.5. The highest BCUT2D eigenvalue weighted by atomic mass is 16.5. The summed E-state index contributed by atoms with van der Waals surface area (Å²) in [6, 6.07) is 11.0. The molecule has 7 nitrogen and oxygen atoms in total. The van der Waals surface area contributed by atoms with E-state index < -0.39 is 0 Å². The van der Waals surface area contributed by atoms with E-state index >= 15 is 0 Å². The van der Waals surface area contributed by atoms with Crippen LogP contribution >= 0.6 is 0 Å². The molecule has 1 saturated heterocycles. The summed E-state index contributed by atoms with van der Waals surface area (Å²) in [5.41, 5.74) is 1.65. The van der Waals surface area contributed by atoms with Crippen molar-refractivity contribution in [1.29, 1.82) is 0 Å². The first-order chi connectivity index (χ1) is 13.2. The minimum Gasteiger partial charge on any atom is -0.497 e. The first-order valence-corrected chi connectivity index (χ1v) is 9.10. The number of anilines is 2. The summed E-state index contributed by atoms with van der Waals surface area (Å²) in [6.07, 6.45) is 3.49. The number of carbonyl (C=O) groups is 2. The molecule has 2 aliphatic rings. The molecular formula is C20H22N4O3. The van der Waals surface area contributed by atoms with Crippen molar-refractivity contribution in [2.75, 3.05) is 30.0 Å². The van der Waals surface area contributed by atoms with Gasteiger partial charge < -0.3 is 15.0 Å². The van der Waals surface area contributed by atoms with Crippen LogP contribution in [-0.4, -0.2) is 43.0 Å². The van der Waals surface area contributed by atoms with Crippen molar-refractivity contribution >= 4 is 23.3 Å². The average molecular weight is 366 g/mol. The lowest BCUT2D eigenvalue weighted by molar-refractivity contribution is -0.124. The van der Waals surface area contributed by atoms with Crippen molar-refractivity contribution in [3.63, 3.8) is 0 Å². The Morgan fingerprint density at radius 2 is 2.22 bits per heavy atom. The van der Waals surface area contributed by atoms with Crippen molar-refractivity contribution < 1.29 is 14.3 Å². The molecule has 3 heterocycles. The van der Waals surface area contributed by atoms with Crippen LogP contribution in [0.5, 0.6) is 5.75 Å². The Kier molecular flexibility index (Phi) is 4.66. The van der Waals surface area contributed by atoms with Crippen molar-refractivity contribution in [3.8, 4) is 5.75 Å². The van der Waals surface area contributed by atoms with Crippen molar-refractivity contribution in [2.24, 2.45) is 0 Å². The Balaban J connectivity index is 1.47. The zero-order chi connectivity index (χ0) is 18.8. The quantitative estimate of drug-likeness (QED) is 0.872. The van der Waals surface area contributed by atoms with Crippen molar-refractivity contribution in [2.45, 2.75) is 25.4 Å². The number of amides is 2. The normalized spacial score (nSPS) is 18.1. The van der Waals surface area contributed by atoms with Crippen LogP contribution in [0, 0.1) is 0 Å². The lowest BCUT2D eigenvalue weighted by atomic mass is 10.1. The number of benzene rings is 1. The predicted octanol–water partition coefficient (Wildman–Crippen LogP) is 1.72. The fraction of sp³-hybridized carbons (Fsp3) is 0.350. The maximum Gasteiger partial charge on any atom is 0.250 e. The molecule has 0 saturated carbocycles. The molecule has 0 bridgehead atoms. The molecule has 2 amide bonds. The van der Waals surface area contributed by atoms with E-state index in [0.717, 1.165) is 36.5 Å². The van der Waals surface area contributed by atoms with Gasteiger partial charge in [-0.25, -0.2) is 4.98 Å². The Morgan fingerprint density at radius 3 is 3.07 bits per heavy atom. The average Bonchev–Trinajstić information content (AvgIpc) is 3.20. The topological polar surface area (TPSA) is 74.8 Å². The van der Waals surface area contributed by atoms with Gasteiger partial charge in [-0.3, -0.25) is 14.5 Å². The molecule has 0 spiro atoms. The number of carbonyl (C=O) groups excluding carboxylic acids is 2. The molecule has 1 fully saturated rings. The molecule has 7 heteroatoms. The molecule has 4 rings (SSSR count). The molecule has 1 aromatic carbocycles. The number of nitrogens with zero attached hydrogens (tertiary/aromatic N) is 3. The van der Waals surface area contributed by atoms with Crippen LogP contribution < -0.4 is 19.9 Å². The first-order valence-electron chi connectivity index (χ1n) is 9.10. The van der Waals surface area contributed by atoms with E-state index in [1.807, 2.05) is 30.3 Å². The Bertz CT molecular complexity index is 870. The van der Waals surface area contributed by atoms with Crippen LogP contribution in [0.1, 0.15) is 18.4 Å². The number of nitrogens with one attached hydrogen (secondary N) is 1. The summed E-state index contributed by atoms with van der Waals surface area (Å²) in [5, 5.41) is 2.89. The summed E-state index contributed by atoms with van der Waals surface area (Å²) < 4.78 is 5.20. The third-order valence-corrected chi connectivity index (χ3v) is 5.06. The summed E-state index contributed by atoms with van der Waals surface area (Å²) >= 11 is 0. The largest absolute Gasteiger partial charge is 0.497 e. The van der Waals surface area contributed by atoms with E-state index in [4.69, 9.17) is 4.74 Å². The molecule has 2 aliphatic heterocycles. The number of methoxy groups -OCH3 is 1. The van der Waals surface area contributed by atoms with Gasteiger partial charge in [0.2, 0.25) is 11.8 Å². The minimum atomic E-state index is -0.210. The lowest BCUT2D eigenvalue weighted by Crippen LogP contribution is -2.53. The highest BCUT2D eigenvalue weighted by Gasteiger charge is 2.41. The van der Waals surface area contributed by atoms with Crippen LogP contribution in [0.2, 0.25) is 0 Å². The zero-order valence-corrected chi connectivity index (χ0v) is 15.2. The predicted molar refractivity (Wildman–Crippen MR) is 102 cm³/mol. The van der Waals surface area contributed by atoms with Gasteiger partial charge in [0, 0.05) is 19.3 Å². The van der Waals surface area contributed by atoms with Crippen LogP contribution in [0.15, 0.2) is 42.6 Å². The molecule has 27 heavy (non-hydrogen) atoms. The number of ether oxygens (including phenoxy) is 1. The second kappa shape index (κ2) is 7.26. The van der Waals surface area contributed by atoms with Gasteiger partial charge in [-0.1, -0.05) is 12.1 Å². The van der Waals surface area contributed by atoms with Gasteiger partial charge in [-0.05, 0) is 42.7 Å². The van der Waals surface area contributed by atoms with Crippen LogP contribution in [0.3, 0.4) is 0 Å². The highest BCUT2D eigenvalue weighted by molar-refractivity contribution is 6.08. The van der Waals surface area contributed by atoms with Gasteiger partial charge in [0.15, 0.2) is 5.82 Å². The van der Waals surface area contributed by atoms with Gasteiger partial charge in [0.1, 0.15) is 18.3 Å². The third kappa shape index (κ3) is 3.32. The number of aromatic nitrogens is 1. The molecule has 0 radical (unpaired) electrons. The van der Waals surface area contributed by atoms with Crippen molar-refractivity contribution in [1.82, 2.24) is 10.3 Å². The van der Waals surface area contributed by atoms with Crippen LogP contribution in [-0.2, 0) is 16.1 Å². The minimum absolute atomic E-state index is 0.00810. The maximum atomic E-state index is 12.9. The molecule has 0 aliphatic carbocycles. The molecular weight excluding hydrogens is 344 g/mol. The Morgan fingerprint density at radius 1 is 1.33 bits per heavy atom. The van der Waals surface area contributed by atoms with Gasteiger partial charge in [-0.15, -0.1) is 0 Å². The van der Waals surface area contributed by atoms with Gasteiger partial charge in [0.25, 0.3) is 0 Å². The monoisotopic (exact) mass is 366 g/mol. The van der Waals surface area contributed by atoms with E-state index in [1.54, 1.807) is 24.3 Å². The summed E-state index contributed by atoms with van der Waals surface area (Å²) in [6.45, 7) is 1.20. The standard InChI is InChI=1S/C20H22N4O3/c1-27-15-6-2-5-14(11-15)12-22-18(25)13-24-16-7-3-9-21-19(16)23-10-4-8-17(23)20(24)26/h2-3,5-7,9,11,17H,4,8,10,12-13H2,1H3,(H,22,25)/t17-/m1/s1. The van der Waals surface area contributed by atoms with E-state index in [1.165, 1.54) is 0 Å². The Hall–Kier alpha value is -3.09. The Labute approximate surface area is 157 Å². The second-order valence-electron chi connectivity index (χ2n) is 6.75. The lowest BCUT2D eigenvalue weighted by Gasteiger charge is -2.38. The van der Waals surface area contributed by atoms with Crippen LogP contribution in [0.4, 0.5) is 11.5 Å². The number of hydrogen-bond donors (Lipinski definition) is 1. The fourth-order valence-electron chi connectivity index (χ4n) is 3.74. The number of hydrogen-bond acceptors (Lipinski definition) is 5. The van der Waals surface area contributed by atoms with E-state index in [-0.39, 0.29) is 24.4 Å². The number of fused-ring (bicyclic) bond motifs is 3. The van der Waals surface area contributed by atoms with E-state index in [0.29, 0.717) is 12.2 Å². The molecule has 1 N–H and O–H groups in total. The maximum absolute atomic E-state index is 12.9. The third-order valence-electron chi connectivity index (χ3n) is 5.06. The van der Waals surface area contributed by atoms with E-state index in [2.05, 4.69) is 15.2 Å². The molecule has 1 atom stereocenters. The molecule has 140 valence electrons. The molecule has 0 unspecified atom stereocenters. The van der Waals surface area contributed by atoms with Gasteiger partial charge in [-0.2, -0.15) is 0 Å². The number of rotatable bonds is 5. The van der Waals surface area contributed by atoms with Crippen molar-refractivity contribution in [3.05, 3.63) is 48.2 Å². The first kappa shape index (κ1) is 17.3. The fourth-order valence-corrected chi connectivity index (χ4v) is 3.74. The second-order valence-corrected chi connectivity index (χ2v) is 6.75. The van der Waals surface area contributed by atoms with Gasteiger partial charge in [0.05, 0.1) is 12.8 Å². The van der Waals surface area contributed by atoms with Crippen LogP contribution in [0.25, 0.3) is 0 Å². The van der Waals surface area contributed by atoms with Gasteiger partial charge >= 0.3 is 0 Å². The van der Waals surface area contributed by atoms with E-state index in [9.17, 15) is 9.59 Å².